The summed E-state index contributed by atoms with van der Waals surface area (Å²) in [6, 6.07) is 2.02. The molecule has 2 heteroatoms. The molecule has 2 rings (SSSR count). The summed E-state index contributed by atoms with van der Waals surface area (Å²) in [5.74, 6) is 0. The van der Waals surface area contributed by atoms with Crippen molar-refractivity contribution in [1.82, 2.24) is 4.98 Å². The Bertz CT molecular complexity index is 313. The average Bonchev–Trinajstić information content (AvgIpc) is 2.28. The Kier molecular flexibility index (Phi) is 1.52. The fourth-order valence-corrected chi connectivity index (χ4v) is 1.10. The minimum absolute atomic E-state index is 0.956. The van der Waals surface area contributed by atoms with E-state index in [0.717, 1.165) is 12.0 Å². The molecule has 0 unspecified atom stereocenters. The number of rotatable bonds is 0. The summed E-state index contributed by atoms with van der Waals surface area (Å²) in [5.41, 5.74) is 2.41. The van der Waals surface area contributed by atoms with Crippen molar-refractivity contribution in [3.8, 4) is 0 Å². The van der Waals surface area contributed by atoms with Gasteiger partial charge in [-0.15, -0.1) is 0 Å². The number of fused-ring (bicyclic) bond motifs is 1. The van der Waals surface area contributed by atoms with Crippen LogP contribution in [0.1, 0.15) is 11.1 Å². The van der Waals surface area contributed by atoms with Gasteiger partial charge in [-0.25, -0.2) is 0 Å². The summed E-state index contributed by atoms with van der Waals surface area (Å²) in [6.07, 6.45) is 10.3. The third kappa shape index (κ3) is 1.19. The number of hydrogen-bond donors (Lipinski definition) is 0. The van der Waals surface area contributed by atoms with Gasteiger partial charge in [0.05, 0.1) is 0 Å². The molecule has 54 valence electrons. The van der Waals surface area contributed by atoms with Crippen LogP contribution < -0.4 is 0 Å². The van der Waals surface area contributed by atoms with E-state index in [1.54, 1.807) is 0 Å². The Balaban J connectivity index is 2.52. The van der Waals surface area contributed by atoms with E-state index in [-0.39, 0.29) is 0 Å². The molecular formula is C9H8N2. The van der Waals surface area contributed by atoms with Gasteiger partial charge in [-0.3, -0.25) is 9.98 Å². The highest BCUT2D eigenvalue weighted by Crippen LogP contribution is 2.08. The van der Waals surface area contributed by atoms with Crippen LogP contribution in [-0.4, -0.2) is 11.2 Å². The number of hydrogen-bond acceptors (Lipinski definition) is 2. The fraction of sp³-hybridized carbons (Fsp3) is 0.111. The molecule has 1 aliphatic heterocycles. The molecule has 2 heterocycles. The fourth-order valence-electron chi connectivity index (χ4n) is 1.10. The second-order valence-electron chi connectivity index (χ2n) is 2.44. The standard InChI is InChI=1S/C9H8N2/c1-2-8-3-5-11-7-9(8)6-10-4-1/h1,3-7H,2H2. The first-order chi connectivity index (χ1) is 5.47. The van der Waals surface area contributed by atoms with E-state index in [1.807, 2.05) is 37.0 Å². The highest BCUT2D eigenvalue weighted by molar-refractivity contribution is 5.82. The minimum Gasteiger partial charge on any atom is -0.264 e. The maximum absolute atomic E-state index is 4.07. The summed E-state index contributed by atoms with van der Waals surface area (Å²) < 4.78 is 0. The second kappa shape index (κ2) is 2.66. The van der Waals surface area contributed by atoms with E-state index >= 15 is 0 Å². The van der Waals surface area contributed by atoms with E-state index in [9.17, 15) is 0 Å². The predicted octanol–water partition coefficient (Wildman–Crippen LogP) is 1.57. The molecule has 0 saturated heterocycles. The highest BCUT2D eigenvalue weighted by Gasteiger charge is 1.98. The van der Waals surface area contributed by atoms with Crippen molar-refractivity contribution in [1.29, 1.82) is 0 Å². The van der Waals surface area contributed by atoms with Crippen LogP contribution in [0.4, 0.5) is 0 Å². The van der Waals surface area contributed by atoms with Crippen molar-refractivity contribution in [2.24, 2.45) is 4.99 Å². The minimum atomic E-state index is 0.956. The van der Waals surface area contributed by atoms with Gasteiger partial charge in [-0.1, -0.05) is 6.08 Å². The van der Waals surface area contributed by atoms with Crippen LogP contribution in [0.5, 0.6) is 0 Å². The molecule has 0 radical (unpaired) electrons. The molecule has 0 saturated carbocycles. The number of aliphatic imine (C=N–C) groups is 1. The normalized spacial score (nSPS) is 14.2. The summed E-state index contributed by atoms with van der Waals surface area (Å²) in [4.78, 5) is 8.09. The maximum atomic E-state index is 4.07. The Morgan fingerprint density at radius 3 is 3.36 bits per heavy atom. The van der Waals surface area contributed by atoms with Gasteiger partial charge in [0.15, 0.2) is 0 Å². The van der Waals surface area contributed by atoms with Gasteiger partial charge in [0.25, 0.3) is 0 Å². The zero-order valence-electron chi connectivity index (χ0n) is 6.07. The molecular weight excluding hydrogens is 136 g/mol. The number of nitrogens with zero attached hydrogens (tertiary/aromatic N) is 2. The van der Waals surface area contributed by atoms with Crippen molar-refractivity contribution in [2.45, 2.75) is 6.42 Å². The average molecular weight is 144 g/mol. The molecule has 0 atom stereocenters. The molecule has 0 aromatic carbocycles. The number of pyridine rings is 1. The lowest BCUT2D eigenvalue weighted by Gasteiger charge is -1.97. The first-order valence-electron chi connectivity index (χ1n) is 3.58. The summed E-state index contributed by atoms with van der Waals surface area (Å²) in [7, 11) is 0. The Morgan fingerprint density at radius 1 is 1.36 bits per heavy atom. The van der Waals surface area contributed by atoms with E-state index in [0.29, 0.717) is 0 Å². The topological polar surface area (TPSA) is 25.2 Å². The molecule has 0 N–H and O–H groups in total. The van der Waals surface area contributed by atoms with E-state index in [4.69, 9.17) is 0 Å². The highest BCUT2D eigenvalue weighted by atomic mass is 14.7. The first kappa shape index (κ1) is 6.28. The zero-order valence-corrected chi connectivity index (χ0v) is 6.07. The van der Waals surface area contributed by atoms with Crippen molar-refractivity contribution < 1.29 is 0 Å². The van der Waals surface area contributed by atoms with Crippen molar-refractivity contribution in [3.05, 3.63) is 41.9 Å². The summed E-state index contributed by atoms with van der Waals surface area (Å²) >= 11 is 0. The van der Waals surface area contributed by atoms with Crippen molar-refractivity contribution in [2.75, 3.05) is 0 Å². The van der Waals surface area contributed by atoms with Gasteiger partial charge in [-0.05, 0) is 18.1 Å². The lowest BCUT2D eigenvalue weighted by atomic mass is 10.1. The SMILES string of the molecule is C1=CN=Cc2cnccc2C1. The predicted molar refractivity (Wildman–Crippen MR) is 44.7 cm³/mol. The monoisotopic (exact) mass is 144 g/mol. The molecule has 1 aliphatic rings. The van der Waals surface area contributed by atoms with E-state index in [1.165, 1.54) is 5.56 Å². The van der Waals surface area contributed by atoms with Crippen LogP contribution in [0.25, 0.3) is 0 Å². The Hall–Kier alpha value is -1.44. The largest absolute Gasteiger partial charge is 0.264 e. The van der Waals surface area contributed by atoms with Crippen molar-refractivity contribution >= 4 is 6.21 Å². The lowest BCUT2D eigenvalue weighted by molar-refractivity contribution is 1.21. The van der Waals surface area contributed by atoms with Gasteiger partial charge in [0.1, 0.15) is 0 Å². The van der Waals surface area contributed by atoms with Gasteiger partial charge >= 0.3 is 0 Å². The molecule has 0 spiro atoms. The quantitative estimate of drug-likeness (QED) is 0.542. The second-order valence-corrected chi connectivity index (χ2v) is 2.44. The lowest BCUT2D eigenvalue weighted by Crippen LogP contribution is -1.90. The third-order valence-electron chi connectivity index (χ3n) is 1.69. The van der Waals surface area contributed by atoms with Crippen LogP contribution in [-0.2, 0) is 6.42 Å². The van der Waals surface area contributed by atoms with Crippen LogP contribution in [0.15, 0.2) is 35.7 Å². The van der Waals surface area contributed by atoms with Crippen LogP contribution in [0.2, 0.25) is 0 Å². The smallest absolute Gasteiger partial charge is 0.0358 e. The first-order valence-corrected chi connectivity index (χ1v) is 3.58. The number of aromatic nitrogens is 1. The molecule has 11 heavy (non-hydrogen) atoms. The molecule has 2 nitrogen and oxygen atoms in total. The van der Waals surface area contributed by atoms with Crippen LogP contribution >= 0.6 is 0 Å². The van der Waals surface area contributed by atoms with Gasteiger partial charge in [-0.2, -0.15) is 0 Å². The molecule has 1 aromatic rings. The maximum Gasteiger partial charge on any atom is 0.0358 e. The third-order valence-corrected chi connectivity index (χ3v) is 1.69. The Labute approximate surface area is 65.3 Å². The molecule has 1 aromatic heterocycles. The van der Waals surface area contributed by atoms with Crippen LogP contribution in [0, 0.1) is 0 Å². The van der Waals surface area contributed by atoms with Crippen molar-refractivity contribution in [3.63, 3.8) is 0 Å². The van der Waals surface area contributed by atoms with Gasteiger partial charge < -0.3 is 0 Å². The van der Waals surface area contributed by atoms with Gasteiger partial charge in [0.2, 0.25) is 0 Å². The molecule has 0 aliphatic carbocycles. The summed E-state index contributed by atoms with van der Waals surface area (Å²) in [5, 5.41) is 0. The van der Waals surface area contributed by atoms with Gasteiger partial charge in [0, 0.05) is 30.4 Å². The van der Waals surface area contributed by atoms with Crippen LogP contribution in [0.3, 0.4) is 0 Å². The molecule has 0 fully saturated rings. The Morgan fingerprint density at radius 2 is 2.36 bits per heavy atom. The molecule has 0 amide bonds. The molecule has 0 bridgehead atoms. The summed E-state index contributed by atoms with van der Waals surface area (Å²) in [6.45, 7) is 0. The van der Waals surface area contributed by atoms with E-state index in [2.05, 4.69) is 9.98 Å². The number of allylic oxidation sites excluding steroid dienone is 1. The zero-order chi connectivity index (χ0) is 7.52. The van der Waals surface area contributed by atoms with E-state index < -0.39 is 0 Å².